The predicted molar refractivity (Wildman–Crippen MR) is 110 cm³/mol. The number of nitrogens with zero attached hydrogens (tertiary/aromatic N) is 1. The van der Waals surface area contributed by atoms with E-state index < -0.39 is 23.7 Å². The summed E-state index contributed by atoms with van der Waals surface area (Å²) in [7, 11) is 0. The number of aliphatic hydroxyl groups is 2. The van der Waals surface area contributed by atoms with Crippen LogP contribution in [0.2, 0.25) is 0 Å². The Labute approximate surface area is 200 Å². The molecule has 0 radical (unpaired) electrons. The van der Waals surface area contributed by atoms with Crippen LogP contribution in [-0.4, -0.2) is 44.7 Å². The fourth-order valence-corrected chi connectivity index (χ4v) is 5.97. The minimum absolute atomic E-state index is 0. The van der Waals surface area contributed by atoms with Gasteiger partial charge in [0, 0.05) is 30.6 Å². The van der Waals surface area contributed by atoms with Gasteiger partial charge in [0.2, 0.25) is 0 Å². The Morgan fingerprint density at radius 1 is 1.41 bits per heavy atom. The average Bonchev–Trinajstić information content (AvgIpc) is 3.16. The minimum atomic E-state index is -1.03. The number of fused-ring (bicyclic) bond motifs is 1. The first-order chi connectivity index (χ1) is 13.4. The molecular weight excluding hydrogens is 397 g/mol. The third kappa shape index (κ3) is 6.12. The van der Waals surface area contributed by atoms with Crippen molar-refractivity contribution in [2.45, 2.75) is 75.5 Å². The molecule has 0 bridgehead atoms. The van der Waals surface area contributed by atoms with Crippen molar-refractivity contribution in [1.82, 2.24) is 0 Å². The third-order valence-corrected chi connectivity index (χ3v) is 7.55. The van der Waals surface area contributed by atoms with E-state index in [2.05, 4.69) is 5.92 Å². The quantitative estimate of drug-likeness (QED) is 0.233. The molecular formula is C22H30NNaO4S. The van der Waals surface area contributed by atoms with Gasteiger partial charge in [0.25, 0.3) is 0 Å². The van der Waals surface area contributed by atoms with E-state index in [0.29, 0.717) is 30.9 Å². The average molecular weight is 428 g/mol. The molecule has 2 N–H and O–H groups in total. The minimum Gasteiger partial charge on any atom is -0.550 e. The molecule has 154 valence electrons. The number of thioether (sulfide) groups is 1. The number of carbonyl (C=O) groups excluding carboxylic acids is 1. The van der Waals surface area contributed by atoms with Gasteiger partial charge in [-0.2, -0.15) is 0 Å². The molecule has 0 amide bonds. The molecule has 0 aromatic carbocycles. The smallest absolute Gasteiger partial charge is 0.550 e. The van der Waals surface area contributed by atoms with Gasteiger partial charge in [-0.25, -0.2) is 0 Å². The van der Waals surface area contributed by atoms with Gasteiger partial charge in [-0.05, 0) is 37.4 Å². The summed E-state index contributed by atoms with van der Waals surface area (Å²) in [6.45, 7) is 0. The molecule has 1 aliphatic heterocycles. The van der Waals surface area contributed by atoms with E-state index >= 15 is 0 Å². The van der Waals surface area contributed by atoms with Gasteiger partial charge in [-0.15, -0.1) is 18.2 Å². The predicted octanol–water partition coefficient (Wildman–Crippen LogP) is -1.08. The molecule has 4 unspecified atom stereocenters. The summed E-state index contributed by atoms with van der Waals surface area (Å²) in [5.74, 6) is 2.70. The van der Waals surface area contributed by atoms with Crippen molar-refractivity contribution in [3.05, 3.63) is 12.2 Å². The van der Waals surface area contributed by atoms with Crippen molar-refractivity contribution in [3.63, 3.8) is 0 Å². The number of carboxylic acids is 1. The molecule has 3 rings (SSSR count). The number of terminal acetylenes is 1. The Balaban J connectivity index is 0.00000300. The zero-order valence-electron chi connectivity index (χ0n) is 17.3. The molecule has 1 heterocycles. The van der Waals surface area contributed by atoms with Crippen molar-refractivity contribution in [3.8, 4) is 12.3 Å². The number of aliphatic imine (C=N–C) groups is 1. The Morgan fingerprint density at radius 3 is 2.79 bits per heavy atom. The Hall–Kier alpha value is -0.290. The van der Waals surface area contributed by atoms with Crippen LogP contribution in [0.15, 0.2) is 17.1 Å². The van der Waals surface area contributed by atoms with Crippen LogP contribution < -0.4 is 34.7 Å². The summed E-state index contributed by atoms with van der Waals surface area (Å²) in [6, 6.07) is 0. The van der Waals surface area contributed by atoms with Crippen molar-refractivity contribution in [2.24, 2.45) is 22.7 Å². The normalized spacial score (nSPS) is 33.0. The van der Waals surface area contributed by atoms with E-state index in [-0.39, 0.29) is 47.8 Å². The number of hydrogen-bond donors (Lipinski definition) is 2. The molecule has 0 spiro atoms. The molecule has 0 aromatic heterocycles. The maximum absolute atomic E-state index is 10.6. The molecule has 7 heteroatoms. The molecule has 5 nitrogen and oxygen atoms in total. The van der Waals surface area contributed by atoms with Gasteiger partial charge in [0.1, 0.15) is 5.54 Å². The number of hydrogen-bond acceptors (Lipinski definition) is 6. The second-order valence-corrected chi connectivity index (χ2v) is 9.50. The first kappa shape index (κ1) is 25.0. The van der Waals surface area contributed by atoms with Gasteiger partial charge < -0.3 is 20.1 Å². The summed E-state index contributed by atoms with van der Waals surface area (Å²) in [5.41, 5.74) is -0.680. The number of rotatable bonds is 7. The first-order valence-electron chi connectivity index (χ1n) is 10.4. The monoisotopic (exact) mass is 427 g/mol. The molecule has 5 atom stereocenters. The summed E-state index contributed by atoms with van der Waals surface area (Å²) in [5, 5.41) is 32.6. The summed E-state index contributed by atoms with van der Waals surface area (Å²) < 4.78 is 0. The fraction of sp³-hybridized carbons (Fsp3) is 0.727. The number of aliphatic carboxylic acids is 1. The van der Waals surface area contributed by atoms with E-state index in [9.17, 15) is 20.1 Å². The van der Waals surface area contributed by atoms with Gasteiger partial charge in [0.15, 0.2) is 0 Å². The molecule has 3 aliphatic rings. The molecule has 2 fully saturated rings. The van der Waals surface area contributed by atoms with E-state index in [4.69, 9.17) is 11.4 Å². The van der Waals surface area contributed by atoms with Crippen molar-refractivity contribution < 1.29 is 49.7 Å². The van der Waals surface area contributed by atoms with Crippen LogP contribution in [-0.2, 0) is 4.79 Å². The molecule has 2 aliphatic carbocycles. The van der Waals surface area contributed by atoms with E-state index in [1.807, 2.05) is 12.2 Å². The topological polar surface area (TPSA) is 93.0 Å². The summed E-state index contributed by atoms with van der Waals surface area (Å²) >= 11 is 1.56. The van der Waals surface area contributed by atoms with E-state index in [1.165, 1.54) is 19.3 Å². The van der Waals surface area contributed by atoms with Gasteiger partial charge >= 0.3 is 29.6 Å². The zero-order chi connectivity index (χ0) is 20.1. The Morgan fingerprint density at radius 2 is 2.14 bits per heavy atom. The molecule has 0 saturated heterocycles. The van der Waals surface area contributed by atoms with Crippen LogP contribution in [0.5, 0.6) is 0 Å². The van der Waals surface area contributed by atoms with Crippen LogP contribution >= 0.6 is 11.8 Å². The Kier molecular flexibility index (Phi) is 9.79. The largest absolute Gasteiger partial charge is 1.00 e. The zero-order valence-corrected chi connectivity index (χ0v) is 20.1. The first-order valence-corrected chi connectivity index (χ1v) is 11.4. The molecule has 0 aromatic rings. The molecule has 29 heavy (non-hydrogen) atoms. The van der Waals surface area contributed by atoms with Crippen LogP contribution in [0.3, 0.4) is 0 Å². The van der Waals surface area contributed by atoms with Crippen LogP contribution in [0.25, 0.3) is 0 Å². The van der Waals surface area contributed by atoms with Crippen molar-refractivity contribution in [2.75, 3.05) is 5.75 Å². The Bertz CT molecular complexity index is 670. The van der Waals surface area contributed by atoms with Crippen LogP contribution in [0.1, 0.15) is 57.8 Å². The van der Waals surface area contributed by atoms with Gasteiger partial charge in [0.05, 0.1) is 17.3 Å². The summed E-state index contributed by atoms with van der Waals surface area (Å²) in [6.07, 6.45) is 16.1. The van der Waals surface area contributed by atoms with Gasteiger partial charge in [-0.1, -0.05) is 37.3 Å². The van der Waals surface area contributed by atoms with Crippen molar-refractivity contribution >= 4 is 22.8 Å². The molecule has 2 saturated carbocycles. The van der Waals surface area contributed by atoms with E-state index in [0.717, 1.165) is 17.9 Å². The SMILES string of the molecule is C#CC12CC(O)C(C=C[C@@H](O)C3CCCCC3)C1CC(SCCCC(=O)[O-])=N2.[Na+]. The number of aliphatic hydroxyl groups excluding tert-OH is 2. The summed E-state index contributed by atoms with van der Waals surface area (Å²) in [4.78, 5) is 15.3. The fourth-order valence-electron chi connectivity index (χ4n) is 4.92. The van der Waals surface area contributed by atoms with Gasteiger partial charge in [-0.3, -0.25) is 4.99 Å². The number of carboxylic acid groups (broad SMARTS) is 1. The second kappa shape index (κ2) is 11.4. The van der Waals surface area contributed by atoms with Crippen LogP contribution in [0.4, 0.5) is 0 Å². The third-order valence-electron chi connectivity index (χ3n) is 6.47. The second-order valence-electron chi connectivity index (χ2n) is 8.33. The number of carbonyl (C=O) groups is 1. The standard InChI is InChI=1S/C22H31NO4S.Na/c1-2-22-14-19(25)16(10-11-18(24)15-7-4-3-5-8-15)17(22)13-20(23-22)28-12-6-9-21(26)27;/h1,10-11,15-19,24-25H,3-9,12-14H2,(H,26,27);/q;+1/p-1/t16?,17?,18-,19?,22?;/m1./s1. The van der Waals surface area contributed by atoms with Crippen molar-refractivity contribution in [1.29, 1.82) is 0 Å². The van der Waals surface area contributed by atoms with Crippen LogP contribution in [0, 0.1) is 30.1 Å². The maximum Gasteiger partial charge on any atom is 1.00 e. The maximum atomic E-state index is 10.6. The van der Waals surface area contributed by atoms with E-state index in [1.54, 1.807) is 11.8 Å².